The van der Waals surface area contributed by atoms with Crippen LogP contribution in [0.5, 0.6) is 5.75 Å². The lowest BCUT2D eigenvalue weighted by atomic mass is 10.2. The Hall–Kier alpha value is -2.36. The van der Waals surface area contributed by atoms with Gasteiger partial charge in [-0.2, -0.15) is 13.2 Å². The normalized spacial score (nSPS) is 14.9. The van der Waals surface area contributed by atoms with E-state index in [2.05, 4.69) is 20.9 Å². The average molecular weight is 462 g/mol. The number of pyridine rings is 1. The summed E-state index contributed by atoms with van der Waals surface area (Å²) in [5, 5.41) is 0. The Kier molecular flexibility index (Phi) is 6.07. The number of benzene rings is 1. The minimum Gasteiger partial charge on any atom is -0.481 e. The first kappa shape index (κ1) is 20.4. The van der Waals surface area contributed by atoms with Gasteiger partial charge in [0.25, 0.3) is 5.91 Å². The van der Waals surface area contributed by atoms with Crippen LogP contribution in [-0.2, 0) is 11.0 Å². The standard InChI is InChI=1S/C18H16BrF4N3O2/c19-13-2-3-15(14(20)9-13)28-11-17(27)26-7-5-25(6-8-26)16-4-1-12(10-24-16)18(21,22)23/h1-4,9-10H,5-8,11H2. The van der Waals surface area contributed by atoms with Crippen LogP contribution in [0.1, 0.15) is 5.56 Å². The first-order valence-corrected chi connectivity index (χ1v) is 9.17. The minimum absolute atomic E-state index is 0.0101. The van der Waals surface area contributed by atoms with E-state index < -0.39 is 17.6 Å². The fourth-order valence-electron chi connectivity index (χ4n) is 2.75. The first-order chi connectivity index (χ1) is 13.2. The summed E-state index contributed by atoms with van der Waals surface area (Å²) in [5.74, 6) is -0.444. The summed E-state index contributed by atoms with van der Waals surface area (Å²) >= 11 is 3.14. The van der Waals surface area contributed by atoms with Crippen molar-refractivity contribution in [2.24, 2.45) is 0 Å². The molecule has 28 heavy (non-hydrogen) atoms. The molecule has 0 bridgehead atoms. The van der Waals surface area contributed by atoms with Gasteiger partial charge in [-0.3, -0.25) is 4.79 Å². The second kappa shape index (κ2) is 8.34. The molecule has 150 valence electrons. The molecule has 1 aromatic carbocycles. The number of alkyl halides is 3. The van der Waals surface area contributed by atoms with E-state index in [0.29, 0.717) is 36.5 Å². The Labute approximate surface area is 167 Å². The van der Waals surface area contributed by atoms with Crippen molar-refractivity contribution >= 4 is 27.7 Å². The molecule has 1 fully saturated rings. The Morgan fingerprint density at radius 2 is 1.86 bits per heavy atom. The predicted molar refractivity (Wildman–Crippen MR) is 97.6 cm³/mol. The summed E-state index contributed by atoms with van der Waals surface area (Å²) in [6, 6.07) is 6.59. The smallest absolute Gasteiger partial charge is 0.417 e. The summed E-state index contributed by atoms with van der Waals surface area (Å²) in [5.41, 5.74) is -0.803. The van der Waals surface area contributed by atoms with E-state index in [1.54, 1.807) is 15.9 Å². The zero-order valence-corrected chi connectivity index (χ0v) is 16.1. The van der Waals surface area contributed by atoms with Gasteiger partial charge in [-0.05, 0) is 30.3 Å². The number of ether oxygens (including phenoxy) is 1. The lowest BCUT2D eigenvalue weighted by Gasteiger charge is -2.35. The van der Waals surface area contributed by atoms with Crippen molar-refractivity contribution in [1.82, 2.24) is 9.88 Å². The third-order valence-electron chi connectivity index (χ3n) is 4.28. The monoisotopic (exact) mass is 461 g/mol. The highest BCUT2D eigenvalue weighted by atomic mass is 79.9. The van der Waals surface area contributed by atoms with Crippen LogP contribution in [0.3, 0.4) is 0 Å². The van der Waals surface area contributed by atoms with Crippen molar-refractivity contribution in [2.45, 2.75) is 6.18 Å². The summed E-state index contributed by atoms with van der Waals surface area (Å²) in [6.07, 6.45) is -3.63. The van der Waals surface area contributed by atoms with Crippen molar-refractivity contribution in [2.75, 3.05) is 37.7 Å². The van der Waals surface area contributed by atoms with Crippen LogP contribution in [0.25, 0.3) is 0 Å². The molecule has 0 unspecified atom stereocenters. The number of aromatic nitrogens is 1. The number of carbonyl (C=O) groups is 1. The molecule has 0 radical (unpaired) electrons. The second-order valence-electron chi connectivity index (χ2n) is 6.13. The Bertz CT molecular complexity index is 838. The largest absolute Gasteiger partial charge is 0.481 e. The molecule has 0 atom stereocenters. The molecule has 3 rings (SSSR count). The molecule has 2 aromatic rings. The van der Waals surface area contributed by atoms with E-state index in [1.165, 1.54) is 18.2 Å². The number of piperazine rings is 1. The van der Waals surface area contributed by atoms with Crippen LogP contribution in [0, 0.1) is 5.82 Å². The summed E-state index contributed by atoms with van der Waals surface area (Å²) < 4.78 is 57.3. The third kappa shape index (κ3) is 4.92. The molecule has 1 saturated heterocycles. The van der Waals surface area contributed by atoms with E-state index >= 15 is 0 Å². The van der Waals surface area contributed by atoms with E-state index in [-0.39, 0.29) is 18.3 Å². The number of rotatable bonds is 4. The molecule has 10 heteroatoms. The van der Waals surface area contributed by atoms with Crippen molar-refractivity contribution in [1.29, 1.82) is 0 Å². The van der Waals surface area contributed by atoms with Crippen LogP contribution in [0.2, 0.25) is 0 Å². The van der Waals surface area contributed by atoms with Gasteiger partial charge in [0, 0.05) is 36.8 Å². The van der Waals surface area contributed by atoms with Gasteiger partial charge in [0.05, 0.1) is 5.56 Å². The maximum Gasteiger partial charge on any atom is 0.417 e. The lowest BCUT2D eigenvalue weighted by Crippen LogP contribution is -2.50. The van der Waals surface area contributed by atoms with Crippen molar-refractivity contribution in [3.63, 3.8) is 0 Å². The maximum absolute atomic E-state index is 13.7. The number of nitrogens with zero attached hydrogens (tertiary/aromatic N) is 3. The fraction of sp³-hybridized carbons (Fsp3) is 0.333. The molecule has 2 heterocycles. The highest BCUT2D eigenvalue weighted by molar-refractivity contribution is 9.10. The van der Waals surface area contributed by atoms with Gasteiger partial charge in [0.2, 0.25) is 0 Å². The molecular weight excluding hydrogens is 446 g/mol. The molecule has 1 amide bonds. The number of hydrogen-bond donors (Lipinski definition) is 0. The van der Waals surface area contributed by atoms with Crippen LogP contribution < -0.4 is 9.64 Å². The highest BCUT2D eigenvalue weighted by Crippen LogP contribution is 2.29. The predicted octanol–water partition coefficient (Wildman–Crippen LogP) is 3.73. The van der Waals surface area contributed by atoms with Crippen LogP contribution in [-0.4, -0.2) is 48.6 Å². The number of halogens is 5. The second-order valence-corrected chi connectivity index (χ2v) is 7.05. The van der Waals surface area contributed by atoms with Gasteiger partial charge < -0.3 is 14.5 Å². The van der Waals surface area contributed by atoms with E-state index in [1.807, 2.05) is 0 Å². The van der Waals surface area contributed by atoms with Crippen LogP contribution >= 0.6 is 15.9 Å². The SMILES string of the molecule is O=C(COc1ccc(Br)cc1F)N1CCN(c2ccc(C(F)(F)F)cn2)CC1. The zero-order valence-electron chi connectivity index (χ0n) is 14.5. The van der Waals surface area contributed by atoms with Crippen LogP contribution in [0.15, 0.2) is 41.0 Å². The van der Waals surface area contributed by atoms with Gasteiger partial charge in [0.1, 0.15) is 5.82 Å². The van der Waals surface area contributed by atoms with Gasteiger partial charge >= 0.3 is 6.18 Å². The van der Waals surface area contributed by atoms with Gasteiger partial charge in [-0.25, -0.2) is 9.37 Å². The average Bonchev–Trinajstić information content (AvgIpc) is 2.67. The summed E-state index contributed by atoms with van der Waals surface area (Å²) in [4.78, 5) is 19.5. The molecular formula is C18H16BrF4N3O2. The molecule has 1 aliphatic heterocycles. The molecule has 1 aliphatic rings. The highest BCUT2D eigenvalue weighted by Gasteiger charge is 2.31. The van der Waals surface area contributed by atoms with E-state index in [9.17, 15) is 22.4 Å². The molecule has 0 aliphatic carbocycles. The van der Waals surface area contributed by atoms with Gasteiger partial charge in [-0.1, -0.05) is 15.9 Å². The number of anilines is 1. The van der Waals surface area contributed by atoms with E-state index in [0.717, 1.165) is 12.3 Å². The van der Waals surface area contributed by atoms with Gasteiger partial charge in [0.15, 0.2) is 18.2 Å². The topological polar surface area (TPSA) is 45.7 Å². The quantitative estimate of drug-likeness (QED) is 0.650. The Morgan fingerprint density at radius 3 is 2.43 bits per heavy atom. The Morgan fingerprint density at radius 1 is 1.14 bits per heavy atom. The van der Waals surface area contributed by atoms with Crippen molar-refractivity contribution < 1.29 is 27.1 Å². The van der Waals surface area contributed by atoms with Crippen molar-refractivity contribution in [3.8, 4) is 5.75 Å². The first-order valence-electron chi connectivity index (χ1n) is 8.38. The number of hydrogen-bond acceptors (Lipinski definition) is 4. The van der Waals surface area contributed by atoms with E-state index in [4.69, 9.17) is 4.74 Å². The number of amides is 1. The number of carbonyl (C=O) groups excluding carboxylic acids is 1. The fourth-order valence-corrected chi connectivity index (χ4v) is 3.08. The zero-order chi connectivity index (χ0) is 20.3. The van der Waals surface area contributed by atoms with Crippen LogP contribution in [0.4, 0.5) is 23.4 Å². The summed E-state index contributed by atoms with van der Waals surface area (Å²) in [7, 11) is 0. The Balaban J connectivity index is 1.51. The minimum atomic E-state index is -4.43. The molecule has 0 N–H and O–H groups in total. The summed E-state index contributed by atoms with van der Waals surface area (Å²) in [6.45, 7) is 1.30. The van der Waals surface area contributed by atoms with Gasteiger partial charge in [-0.15, -0.1) is 0 Å². The third-order valence-corrected chi connectivity index (χ3v) is 4.77. The molecule has 0 spiro atoms. The lowest BCUT2D eigenvalue weighted by molar-refractivity contribution is -0.138. The van der Waals surface area contributed by atoms with Crippen molar-refractivity contribution in [3.05, 3.63) is 52.4 Å². The maximum atomic E-state index is 13.7. The molecule has 1 aromatic heterocycles. The molecule has 0 saturated carbocycles. The molecule has 5 nitrogen and oxygen atoms in total.